The van der Waals surface area contributed by atoms with E-state index in [1.54, 1.807) is 0 Å². The van der Waals surface area contributed by atoms with Crippen LogP contribution in [0.15, 0.2) is 65.6 Å². The fourth-order valence-corrected chi connectivity index (χ4v) is 3.12. The van der Waals surface area contributed by atoms with Crippen LogP contribution in [0.25, 0.3) is 0 Å². The predicted molar refractivity (Wildman–Crippen MR) is 106 cm³/mol. The zero-order chi connectivity index (χ0) is 23.7. The van der Waals surface area contributed by atoms with Crippen LogP contribution in [-0.4, -0.2) is 10.5 Å². The van der Waals surface area contributed by atoms with Gasteiger partial charge in [0.25, 0.3) is 11.5 Å². The molecule has 3 rings (SSSR count). The number of benzene rings is 2. The lowest BCUT2D eigenvalue weighted by atomic mass is 10.1. The largest absolute Gasteiger partial charge is 0.416 e. The highest BCUT2D eigenvalue weighted by molar-refractivity contribution is 6.30. The van der Waals surface area contributed by atoms with E-state index in [0.717, 1.165) is 41.1 Å². The quantitative estimate of drug-likeness (QED) is 0.483. The molecular formula is C21H13ClF6N2O2. The molecular weight excluding hydrogens is 462 g/mol. The molecule has 4 nitrogen and oxygen atoms in total. The van der Waals surface area contributed by atoms with Crippen molar-refractivity contribution in [2.24, 2.45) is 0 Å². The second-order valence-electron chi connectivity index (χ2n) is 6.74. The van der Waals surface area contributed by atoms with Crippen molar-refractivity contribution < 1.29 is 31.1 Å². The monoisotopic (exact) mass is 474 g/mol. The maximum absolute atomic E-state index is 12.9. The molecule has 0 aliphatic heterocycles. The second-order valence-corrected chi connectivity index (χ2v) is 7.17. The third-order valence-corrected chi connectivity index (χ3v) is 4.56. The first kappa shape index (κ1) is 23.4. The Morgan fingerprint density at radius 3 is 2.12 bits per heavy atom. The van der Waals surface area contributed by atoms with E-state index in [1.165, 1.54) is 18.2 Å². The van der Waals surface area contributed by atoms with Gasteiger partial charge < -0.3 is 9.88 Å². The number of carbonyl (C=O) groups excluding carboxylic acids is 1. The molecule has 0 fully saturated rings. The molecule has 3 aromatic rings. The van der Waals surface area contributed by atoms with Gasteiger partial charge in [0, 0.05) is 11.9 Å². The first-order valence-corrected chi connectivity index (χ1v) is 9.27. The Bertz CT molecular complexity index is 1220. The van der Waals surface area contributed by atoms with E-state index in [-0.39, 0.29) is 22.8 Å². The summed E-state index contributed by atoms with van der Waals surface area (Å²) in [5.74, 6) is -1.02. The smallest absolute Gasteiger partial charge is 0.322 e. The molecule has 0 saturated heterocycles. The van der Waals surface area contributed by atoms with Gasteiger partial charge in [0.05, 0.1) is 22.7 Å². The van der Waals surface area contributed by atoms with Gasteiger partial charge in [-0.15, -0.1) is 0 Å². The summed E-state index contributed by atoms with van der Waals surface area (Å²) >= 11 is 5.96. The number of rotatable bonds is 4. The Labute approximate surface area is 182 Å². The summed E-state index contributed by atoms with van der Waals surface area (Å²) in [7, 11) is 0. The van der Waals surface area contributed by atoms with Crippen molar-refractivity contribution in [3.05, 3.63) is 98.4 Å². The van der Waals surface area contributed by atoms with Gasteiger partial charge in [0.15, 0.2) is 0 Å². The topological polar surface area (TPSA) is 51.1 Å². The van der Waals surface area contributed by atoms with E-state index in [4.69, 9.17) is 11.6 Å². The second kappa shape index (κ2) is 8.70. The van der Waals surface area contributed by atoms with Crippen LogP contribution in [0.4, 0.5) is 32.0 Å². The molecule has 2 aromatic carbocycles. The molecule has 0 atom stereocenters. The molecule has 1 heterocycles. The summed E-state index contributed by atoms with van der Waals surface area (Å²) in [6.07, 6.45) is -8.06. The molecule has 0 spiro atoms. The first-order chi connectivity index (χ1) is 14.8. The van der Waals surface area contributed by atoms with Crippen LogP contribution in [0.3, 0.4) is 0 Å². The van der Waals surface area contributed by atoms with Crippen LogP contribution >= 0.6 is 11.6 Å². The number of hydrogen-bond acceptors (Lipinski definition) is 2. The Kier molecular flexibility index (Phi) is 6.36. The standard InChI is InChI=1S/C21H13ClF6N2O2/c22-15-9-17(18(31)29-16-6-2-5-14(8-16)21(26,27)28)19(32)30(11-15)10-12-3-1-4-13(7-12)20(23,24)25/h1-9,11H,10H2,(H,29,31). The molecule has 0 radical (unpaired) electrons. The van der Waals surface area contributed by atoms with Crippen molar-refractivity contribution >= 4 is 23.2 Å². The first-order valence-electron chi connectivity index (χ1n) is 8.89. The molecule has 0 aliphatic rings. The maximum Gasteiger partial charge on any atom is 0.416 e. The van der Waals surface area contributed by atoms with Gasteiger partial charge in [-0.25, -0.2) is 0 Å². The van der Waals surface area contributed by atoms with Gasteiger partial charge in [-0.3, -0.25) is 9.59 Å². The Balaban J connectivity index is 1.90. The zero-order valence-corrected chi connectivity index (χ0v) is 16.6. The summed E-state index contributed by atoms with van der Waals surface area (Å²) in [6.45, 7) is -0.312. The van der Waals surface area contributed by atoms with Gasteiger partial charge in [-0.2, -0.15) is 26.3 Å². The minimum Gasteiger partial charge on any atom is -0.322 e. The number of hydrogen-bond donors (Lipinski definition) is 1. The number of alkyl halides is 6. The minimum atomic E-state index is -4.63. The van der Waals surface area contributed by atoms with Crippen LogP contribution < -0.4 is 10.9 Å². The number of pyridine rings is 1. The van der Waals surface area contributed by atoms with E-state index >= 15 is 0 Å². The van der Waals surface area contributed by atoms with Gasteiger partial charge in [-0.05, 0) is 42.0 Å². The van der Waals surface area contributed by atoms with Crippen LogP contribution in [0.1, 0.15) is 27.0 Å². The number of amides is 1. The molecule has 11 heteroatoms. The number of aromatic nitrogens is 1. The van der Waals surface area contributed by atoms with Crippen molar-refractivity contribution in [1.29, 1.82) is 0 Å². The predicted octanol–water partition coefficient (Wildman–Crippen LogP) is 5.84. The minimum absolute atomic E-state index is 0.0641. The lowest BCUT2D eigenvalue weighted by Gasteiger charge is -2.13. The van der Waals surface area contributed by atoms with Gasteiger partial charge in [0.2, 0.25) is 0 Å². The van der Waals surface area contributed by atoms with Gasteiger partial charge in [0.1, 0.15) is 5.56 Å². The summed E-state index contributed by atoms with van der Waals surface area (Å²) < 4.78 is 78.3. The molecule has 0 bridgehead atoms. The van der Waals surface area contributed by atoms with E-state index < -0.39 is 40.5 Å². The number of halogens is 7. The Hall–Kier alpha value is -3.27. The van der Waals surface area contributed by atoms with Crippen molar-refractivity contribution in [3.63, 3.8) is 0 Å². The fraction of sp³-hybridized carbons (Fsp3) is 0.143. The molecule has 32 heavy (non-hydrogen) atoms. The summed E-state index contributed by atoms with van der Waals surface area (Å²) in [5, 5.41) is 2.14. The van der Waals surface area contributed by atoms with E-state index in [1.807, 2.05) is 0 Å². The van der Waals surface area contributed by atoms with E-state index in [0.29, 0.717) is 6.07 Å². The average molecular weight is 475 g/mol. The van der Waals surface area contributed by atoms with Gasteiger partial charge in [-0.1, -0.05) is 29.8 Å². The number of nitrogens with one attached hydrogen (secondary N) is 1. The SMILES string of the molecule is O=C(Nc1cccc(C(F)(F)F)c1)c1cc(Cl)cn(Cc2cccc(C(F)(F)F)c2)c1=O. The highest BCUT2D eigenvalue weighted by atomic mass is 35.5. The number of nitrogens with zero attached hydrogens (tertiary/aromatic N) is 1. The maximum atomic E-state index is 12.9. The normalized spacial score (nSPS) is 12.0. The lowest BCUT2D eigenvalue weighted by Crippen LogP contribution is -2.29. The lowest BCUT2D eigenvalue weighted by molar-refractivity contribution is -0.138. The van der Waals surface area contributed by atoms with Crippen LogP contribution in [0.5, 0.6) is 0 Å². The highest BCUT2D eigenvalue weighted by Crippen LogP contribution is 2.31. The molecule has 0 unspecified atom stereocenters. The van der Waals surface area contributed by atoms with Crippen molar-refractivity contribution in [1.82, 2.24) is 4.57 Å². The summed E-state index contributed by atoms with van der Waals surface area (Å²) in [5.41, 5.74) is -3.34. The van der Waals surface area contributed by atoms with Crippen LogP contribution in [0, 0.1) is 0 Å². The number of anilines is 1. The van der Waals surface area contributed by atoms with E-state index in [9.17, 15) is 35.9 Å². The van der Waals surface area contributed by atoms with Crippen LogP contribution in [0.2, 0.25) is 5.02 Å². The molecule has 1 aromatic heterocycles. The molecule has 0 aliphatic carbocycles. The summed E-state index contributed by atoms with van der Waals surface area (Å²) in [4.78, 5) is 25.2. The third-order valence-electron chi connectivity index (χ3n) is 4.35. The average Bonchev–Trinajstić information content (AvgIpc) is 2.69. The van der Waals surface area contributed by atoms with E-state index in [2.05, 4.69) is 5.32 Å². The number of carbonyl (C=O) groups is 1. The molecule has 1 N–H and O–H groups in total. The zero-order valence-electron chi connectivity index (χ0n) is 15.9. The Morgan fingerprint density at radius 1 is 0.906 bits per heavy atom. The third kappa shape index (κ3) is 5.50. The Morgan fingerprint density at radius 2 is 1.50 bits per heavy atom. The highest BCUT2D eigenvalue weighted by Gasteiger charge is 2.31. The molecule has 1 amide bonds. The molecule has 0 saturated carbocycles. The van der Waals surface area contributed by atoms with Crippen molar-refractivity contribution in [3.8, 4) is 0 Å². The summed E-state index contributed by atoms with van der Waals surface area (Å²) in [6, 6.07) is 9.10. The van der Waals surface area contributed by atoms with Crippen molar-refractivity contribution in [2.45, 2.75) is 18.9 Å². The van der Waals surface area contributed by atoms with Crippen LogP contribution in [-0.2, 0) is 18.9 Å². The van der Waals surface area contributed by atoms with Crippen molar-refractivity contribution in [2.75, 3.05) is 5.32 Å². The fourth-order valence-electron chi connectivity index (χ4n) is 2.89. The molecule has 168 valence electrons. The van der Waals surface area contributed by atoms with Gasteiger partial charge >= 0.3 is 12.4 Å².